The van der Waals surface area contributed by atoms with Gasteiger partial charge in [-0.25, -0.2) is 0 Å². The van der Waals surface area contributed by atoms with E-state index in [1.54, 1.807) is 6.08 Å². The maximum absolute atomic E-state index is 12.5. The molecular weight excluding hydrogens is 279 g/mol. The minimum absolute atomic E-state index is 0.243. The minimum Gasteiger partial charge on any atom is -0.375 e. The normalized spacial score (nSPS) is 16.4. The summed E-state index contributed by atoms with van der Waals surface area (Å²) in [5.74, 6) is -0.243. The largest absolute Gasteiger partial charge is 0.416 e. The van der Waals surface area contributed by atoms with Crippen LogP contribution in [0.15, 0.2) is 36.0 Å². The minimum atomic E-state index is -4.37. The topological polar surface area (TPSA) is 20.3 Å². The van der Waals surface area contributed by atoms with Crippen molar-refractivity contribution < 1.29 is 18.0 Å². The van der Waals surface area contributed by atoms with Crippen LogP contribution in [0.2, 0.25) is 0 Å². The van der Waals surface area contributed by atoms with Crippen LogP contribution in [0.4, 0.5) is 13.2 Å². The highest BCUT2D eigenvalue weighted by Crippen LogP contribution is 2.29. The zero-order valence-electron chi connectivity index (χ0n) is 11.9. The van der Waals surface area contributed by atoms with Gasteiger partial charge in [0.15, 0.2) is 5.78 Å². The van der Waals surface area contributed by atoms with Gasteiger partial charge >= 0.3 is 6.18 Å². The van der Waals surface area contributed by atoms with Crippen molar-refractivity contribution >= 4 is 5.78 Å². The molecule has 0 spiro atoms. The molecule has 0 aliphatic carbocycles. The second-order valence-electron chi connectivity index (χ2n) is 5.12. The summed E-state index contributed by atoms with van der Waals surface area (Å²) in [5, 5.41) is 0. The highest BCUT2D eigenvalue weighted by atomic mass is 19.4. The molecule has 0 bridgehead atoms. The van der Waals surface area contributed by atoms with E-state index in [1.165, 1.54) is 12.1 Å². The molecule has 0 radical (unpaired) electrons. The van der Waals surface area contributed by atoms with E-state index in [0.29, 0.717) is 0 Å². The van der Waals surface area contributed by atoms with Gasteiger partial charge in [-0.2, -0.15) is 13.2 Å². The molecule has 1 heterocycles. The van der Waals surface area contributed by atoms with Crippen LogP contribution in [0, 0.1) is 0 Å². The third-order valence-electron chi connectivity index (χ3n) is 3.67. The highest BCUT2D eigenvalue weighted by Gasteiger charge is 2.30. The van der Waals surface area contributed by atoms with Crippen molar-refractivity contribution in [1.29, 1.82) is 0 Å². The smallest absolute Gasteiger partial charge is 0.375 e. The number of carbonyl (C=O) groups is 1. The van der Waals surface area contributed by atoms with Gasteiger partial charge in [-0.1, -0.05) is 19.1 Å². The molecule has 21 heavy (non-hydrogen) atoms. The summed E-state index contributed by atoms with van der Waals surface area (Å²) in [5.41, 5.74) is 0.504. The summed E-state index contributed by atoms with van der Waals surface area (Å²) in [6, 6.07) is 4.36. The quantitative estimate of drug-likeness (QED) is 0.611. The summed E-state index contributed by atoms with van der Waals surface area (Å²) in [6.45, 7) is 3.87. The Bertz CT molecular complexity index is 525. The van der Waals surface area contributed by atoms with Crippen molar-refractivity contribution in [1.82, 2.24) is 4.90 Å². The van der Waals surface area contributed by atoms with Crippen LogP contribution < -0.4 is 0 Å². The molecule has 0 aromatic heterocycles. The van der Waals surface area contributed by atoms with Gasteiger partial charge in [0.05, 0.1) is 5.56 Å². The first-order valence-corrected chi connectivity index (χ1v) is 7.09. The van der Waals surface area contributed by atoms with Crippen molar-refractivity contribution in [3.05, 3.63) is 47.2 Å². The fourth-order valence-electron chi connectivity index (χ4n) is 2.48. The molecule has 1 saturated heterocycles. The SMILES string of the molecule is CC/C(=C\C(=O)c1ccc(C(F)(F)F)cc1)N1CCCC1. The van der Waals surface area contributed by atoms with Gasteiger partial charge in [0, 0.05) is 30.4 Å². The number of halogens is 3. The number of likely N-dealkylation sites (tertiary alicyclic amines) is 1. The van der Waals surface area contributed by atoms with Crippen molar-refractivity contribution in [2.75, 3.05) is 13.1 Å². The maximum atomic E-state index is 12.5. The maximum Gasteiger partial charge on any atom is 0.416 e. The molecule has 0 atom stereocenters. The number of carbonyl (C=O) groups excluding carboxylic acids is 1. The lowest BCUT2D eigenvalue weighted by atomic mass is 10.1. The second-order valence-corrected chi connectivity index (χ2v) is 5.12. The molecule has 1 aromatic carbocycles. The van der Waals surface area contributed by atoms with Crippen LogP contribution in [-0.4, -0.2) is 23.8 Å². The molecular formula is C16H18F3NO. The van der Waals surface area contributed by atoms with E-state index in [4.69, 9.17) is 0 Å². The summed E-state index contributed by atoms with van der Waals surface area (Å²) in [7, 11) is 0. The van der Waals surface area contributed by atoms with E-state index >= 15 is 0 Å². The fourth-order valence-corrected chi connectivity index (χ4v) is 2.48. The zero-order chi connectivity index (χ0) is 15.5. The average Bonchev–Trinajstić information content (AvgIpc) is 2.97. The summed E-state index contributed by atoms with van der Waals surface area (Å²) in [6.07, 6.45) is 0.152. The van der Waals surface area contributed by atoms with Crippen molar-refractivity contribution in [3.63, 3.8) is 0 Å². The third kappa shape index (κ3) is 3.86. The van der Waals surface area contributed by atoms with Gasteiger partial charge < -0.3 is 4.90 Å². The summed E-state index contributed by atoms with van der Waals surface area (Å²) >= 11 is 0. The van der Waals surface area contributed by atoms with Gasteiger partial charge in [-0.05, 0) is 31.4 Å². The Morgan fingerprint density at radius 3 is 2.24 bits per heavy atom. The van der Waals surface area contributed by atoms with E-state index in [-0.39, 0.29) is 11.3 Å². The second kappa shape index (κ2) is 6.33. The predicted molar refractivity (Wildman–Crippen MR) is 75.0 cm³/mol. The van der Waals surface area contributed by atoms with Crippen molar-refractivity contribution in [3.8, 4) is 0 Å². The molecule has 0 unspecified atom stereocenters. The molecule has 114 valence electrons. The van der Waals surface area contributed by atoms with Gasteiger partial charge in [0.1, 0.15) is 0 Å². The monoisotopic (exact) mass is 297 g/mol. The first-order valence-electron chi connectivity index (χ1n) is 7.09. The Morgan fingerprint density at radius 2 is 1.76 bits per heavy atom. The average molecular weight is 297 g/mol. The Kier molecular flexibility index (Phi) is 4.70. The molecule has 1 aromatic rings. The van der Waals surface area contributed by atoms with Gasteiger partial charge in [0.2, 0.25) is 0 Å². The van der Waals surface area contributed by atoms with E-state index in [9.17, 15) is 18.0 Å². The first-order chi connectivity index (χ1) is 9.91. The molecule has 2 nitrogen and oxygen atoms in total. The Labute approximate surface area is 122 Å². The molecule has 1 aliphatic heterocycles. The molecule has 0 amide bonds. The van der Waals surface area contributed by atoms with Gasteiger partial charge in [0.25, 0.3) is 0 Å². The van der Waals surface area contributed by atoms with E-state index < -0.39 is 11.7 Å². The number of allylic oxidation sites excluding steroid dienone is 2. The van der Waals surface area contributed by atoms with Crippen molar-refractivity contribution in [2.24, 2.45) is 0 Å². The number of hydrogen-bond acceptors (Lipinski definition) is 2. The van der Waals surface area contributed by atoms with Crippen LogP contribution in [0.5, 0.6) is 0 Å². The Balaban J connectivity index is 2.15. The van der Waals surface area contributed by atoms with E-state index in [0.717, 1.165) is 50.2 Å². The molecule has 0 N–H and O–H groups in total. The highest BCUT2D eigenvalue weighted by molar-refractivity contribution is 6.04. The molecule has 1 aliphatic rings. The predicted octanol–water partition coefficient (Wildman–Crippen LogP) is 4.28. The summed E-state index contributed by atoms with van der Waals surface area (Å²) in [4.78, 5) is 14.3. The lowest BCUT2D eigenvalue weighted by Crippen LogP contribution is -2.19. The molecule has 2 rings (SSSR count). The lowest BCUT2D eigenvalue weighted by Gasteiger charge is -2.20. The summed E-state index contributed by atoms with van der Waals surface area (Å²) < 4.78 is 37.5. The zero-order valence-corrected chi connectivity index (χ0v) is 11.9. The number of ketones is 1. The molecule has 0 saturated carbocycles. The number of rotatable bonds is 4. The Hall–Kier alpha value is -1.78. The number of hydrogen-bond donors (Lipinski definition) is 0. The first kappa shape index (κ1) is 15.6. The van der Waals surface area contributed by atoms with Crippen LogP contribution in [-0.2, 0) is 6.18 Å². The van der Waals surface area contributed by atoms with E-state index in [2.05, 4.69) is 4.90 Å². The van der Waals surface area contributed by atoms with Crippen LogP contribution in [0.25, 0.3) is 0 Å². The Morgan fingerprint density at radius 1 is 1.19 bits per heavy atom. The fraction of sp³-hybridized carbons (Fsp3) is 0.438. The third-order valence-corrected chi connectivity index (χ3v) is 3.67. The molecule has 1 fully saturated rings. The van der Waals surface area contributed by atoms with Gasteiger partial charge in [-0.3, -0.25) is 4.79 Å². The van der Waals surface area contributed by atoms with Crippen LogP contribution in [0.3, 0.4) is 0 Å². The van der Waals surface area contributed by atoms with Crippen LogP contribution >= 0.6 is 0 Å². The van der Waals surface area contributed by atoms with Crippen LogP contribution in [0.1, 0.15) is 42.1 Å². The standard InChI is InChI=1S/C16H18F3NO/c1-2-14(20-9-3-4-10-20)11-15(21)12-5-7-13(8-6-12)16(17,18)19/h5-8,11H,2-4,9-10H2,1H3/b14-11+. The van der Waals surface area contributed by atoms with Crippen molar-refractivity contribution in [2.45, 2.75) is 32.4 Å². The number of benzene rings is 1. The van der Waals surface area contributed by atoms with E-state index in [1.807, 2.05) is 6.92 Å². The molecule has 5 heteroatoms. The van der Waals surface area contributed by atoms with Gasteiger partial charge in [-0.15, -0.1) is 0 Å². The lowest BCUT2D eigenvalue weighted by molar-refractivity contribution is -0.137. The number of alkyl halides is 3. The number of nitrogens with zero attached hydrogens (tertiary/aromatic N) is 1.